The van der Waals surface area contributed by atoms with Crippen molar-refractivity contribution < 1.29 is 9.18 Å². The highest BCUT2D eigenvalue weighted by molar-refractivity contribution is 6.30. The van der Waals surface area contributed by atoms with Crippen LogP contribution in [-0.2, 0) is 0 Å². The van der Waals surface area contributed by atoms with Crippen LogP contribution in [0, 0.1) is 19.7 Å². The molecule has 4 heteroatoms. The van der Waals surface area contributed by atoms with Crippen LogP contribution in [0.5, 0.6) is 0 Å². The highest BCUT2D eigenvalue weighted by Gasteiger charge is 2.16. The minimum absolute atomic E-state index is 0.00369. The molecule has 0 aliphatic carbocycles. The number of halogens is 2. The van der Waals surface area contributed by atoms with Crippen LogP contribution in [0.15, 0.2) is 36.4 Å². The van der Waals surface area contributed by atoms with Crippen molar-refractivity contribution in [2.45, 2.75) is 26.8 Å². The Morgan fingerprint density at radius 3 is 2.52 bits per heavy atom. The lowest BCUT2D eigenvalue weighted by atomic mass is 10.00. The largest absolute Gasteiger partial charge is 0.345 e. The molecule has 0 unspecified atom stereocenters. The van der Waals surface area contributed by atoms with Gasteiger partial charge in [0, 0.05) is 5.02 Å². The number of amides is 1. The second-order valence-corrected chi connectivity index (χ2v) is 5.62. The van der Waals surface area contributed by atoms with Gasteiger partial charge in [-0.2, -0.15) is 0 Å². The molecule has 21 heavy (non-hydrogen) atoms. The second-order valence-electron chi connectivity index (χ2n) is 5.18. The topological polar surface area (TPSA) is 29.1 Å². The summed E-state index contributed by atoms with van der Waals surface area (Å²) in [7, 11) is 0. The fourth-order valence-corrected chi connectivity index (χ4v) is 2.50. The van der Waals surface area contributed by atoms with E-state index in [1.807, 2.05) is 32.9 Å². The average molecular weight is 306 g/mol. The highest BCUT2D eigenvalue weighted by atomic mass is 35.5. The molecular formula is C17H17ClFNO. The molecule has 2 aromatic rings. The van der Waals surface area contributed by atoms with Crippen LogP contribution < -0.4 is 5.32 Å². The number of carbonyl (C=O) groups excluding carboxylic acids is 1. The maximum atomic E-state index is 13.7. The summed E-state index contributed by atoms with van der Waals surface area (Å²) in [6.45, 7) is 5.89. The van der Waals surface area contributed by atoms with E-state index in [0.717, 1.165) is 17.2 Å². The van der Waals surface area contributed by atoms with E-state index in [0.29, 0.717) is 0 Å². The lowest BCUT2D eigenvalue weighted by molar-refractivity contribution is 0.0936. The van der Waals surface area contributed by atoms with Crippen molar-refractivity contribution in [1.29, 1.82) is 0 Å². The van der Waals surface area contributed by atoms with Crippen molar-refractivity contribution in [2.24, 2.45) is 0 Å². The summed E-state index contributed by atoms with van der Waals surface area (Å²) in [4.78, 5) is 12.1. The molecule has 1 atom stereocenters. The molecule has 0 radical (unpaired) electrons. The summed E-state index contributed by atoms with van der Waals surface area (Å²) >= 11 is 5.69. The molecule has 0 saturated heterocycles. The monoisotopic (exact) mass is 305 g/mol. The van der Waals surface area contributed by atoms with E-state index in [-0.39, 0.29) is 16.6 Å². The minimum Gasteiger partial charge on any atom is -0.345 e. The van der Waals surface area contributed by atoms with Gasteiger partial charge in [0.1, 0.15) is 5.82 Å². The molecule has 0 aliphatic rings. The predicted molar refractivity (Wildman–Crippen MR) is 83.2 cm³/mol. The third-order valence-electron chi connectivity index (χ3n) is 3.42. The predicted octanol–water partition coefficient (Wildman–Crippen LogP) is 4.59. The number of nitrogens with one attached hydrogen (secondary N) is 1. The lowest BCUT2D eigenvalue weighted by Crippen LogP contribution is -2.27. The van der Waals surface area contributed by atoms with Crippen LogP contribution in [0.1, 0.15) is 40.0 Å². The third kappa shape index (κ3) is 3.61. The second kappa shape index (κ2) is 6.27. The first kappa shape index (κ1) is 15.5. The van der Waals surface area contributed by atoms with Gasteiger partial charge in [-0.15, -0.1) is 0 Å². The van der Waals surface area contributed by atoms with Gasteiger partial charge in [0.2, 0.25) is 0 Å². The molecule has 0 spiro atoms. The number of hydrogen-bond acceptors (Lipinski definition) is 1. The van der Waals surface area contributed by atoms with E-state index in [1.165, 1.54) is 17.7 Å². The number of hydrogen-bond donors (Lipinski definition) is 1. The molecule has 0 bridgehead atoms. The number of rotatable bonds is 3. The maximum absolute atomic E-state index is 13.7. The third-order valence-corrected chi connectivity index (χ3v) is 3.65. The normalized spacial score (nSPS) is 12.0. The zero-order chi connectivity index (χ0) is 15.6. The Hall–Kier alpha value is -1.87. The molecule has 2 rings (SSSR count). The first-order valence-corrected chi connectivity index (χ1v) is 7.09. The van der Waals surface area contributed by atoms with Gasteiger partial charge < -0.3 is 5.32 Å². The quantitative estimate of drug-likeness (QED) is 0.883. The zero-order valence-electron chi connectivity index (χ0n) is 12.2. The molecular weight excluding hydrogens is 289 g/mol. The van der Waals surface area contributed by atoms with E-state index < -0.39 is 11.7 Å². The van der Waals surface area contributed by atoms with E-state index in [2.05, 4.69) is 11.4 Å². The van der Waals surface area contributed by atoms with Crippen LogP contribution in [-0.4, -0.2) is 5.91 Å². The van der Waals surface area contributed by atoms with Gasteiger partial charge in [-0.25, -0.2) is 4.39 Å². The summed E-state index contributed by atoms with van der Waals surface area (Å²) in [5, 5.41) is 3.08. The van der Waals surface area contributed by atoms with E-state index in [9.17, 15) is 9.18 Å². The fourth-order valence-electron chi connectivity index (χ4n) is 2.34. The standard InChI is InChI=1S/C17H17ClFNO/c1-10-4-6-14(11(2)8-10)12(3)20-17(21)15-7-5-13(18)9-16(15)19/h4-9,12H,1-3H3,(H,20,21)/t12-/m1/s1. The zero-order valence-corrected chi connectivity index (χ0v) is 13.0. The van der Waals surface area contributed by atoms with Gasteiger partial charge in [-0.1, -0.05) is 35.4 Å². The molecule has 0 aromatic heterocycles. The average Bonchev–Trinajstić information content (AvgIpc) is 2.37. The van der Waals surface area contributed by atoms with Crippen molar-refractivity contribution in [3.8, 4) is 0 Å². The lowest BCUT2D eigenvalue weighted by Gasteiger charge is -2.17. The molecule has 2 nitrogen and oxygen atoms in total. The summed E-state index contributed by atoms with van der Waals surface area (Å²) in [6.07, 6.45) is 0. The molecule has 2 aromatic carbocycles. The summed E-state index contributed by atoms with van der Waals surface area (Å²) in [5.74, 6) is -1.07. The van der Waals surface area contributed by atoms with E-state index >= 15 is 0 Å². The summed E-state index contributed by atoms with van der Waals surface area (Å²) in [6, 6.07) is 9.86. The first-order chi connectivity index (χ1) is 9.88. The Bertz CT molecular complexity index is 684. The summed E-state index contributed by atoms with van der Waals surface area (Å²) < 4.78 is 13.7. The molecule has 0 saturated carbocycles. The van der Waals surface area contributed by atoms with Gasteiger partial charge in [0.05, 0.1) is 11.6 Å². The van der Waals surface area contributed by atoms with Gasteiger partial charge >= 0.3 is 0 Å². The summed E-state index contributed by atoms with van der Waals surface area (Å²) in [5.41, 5.74) is 3.28. The van der Waals surface area contributed by atoms with E-state index in [4.69, 9.17) is 11.6 Å². The van der Waals surface area contributed by atoms with Crippen LogP contribution >= 0.6 is 11.6 Å². The molecule has 1 amide bonds. The van der Waals surface area contributed by atoms with Gasteiger partial charge in [0.15, 0.2) is 0 Å². The van der Waals surface area contributed by atoms with Crippen LogP contribution in [0.2, 0.25) is 5.02 Å². The Morgan fingerprint density at radius 1 is 1.19 bits per heavy atom. The Kier molecular flexibility index (Phi) is 4.63. The van der Waals surface area contributed by atoms with Crippen molar-refractivity contribution in [1.82, 2.24) is 5.32 Å². The minimum atomic E-state index is -0.618. The fraction of sp³-hybridized carbons (Fsp3) is 0.235. The molecule has 1 N–H and O–H groups in total. The van der Waals surface area contributed by atoms with Gasteiger partial charge in [-0.05, 0) is 50.1 Å². The Morgan fingerprint density at radius 2 is 1.90 bits per heavy atom. The molecule has 0 heterocycles. The van der Waals surface area contributed by atoms with Gasteiger partial charge in [-0.3, -0.25) is 4.79 Å². The first-order valence-electron chi connectivity index (χ1n) is 6.71. The smallest absolute Gasteiger partial charge is 0.254 e. The molecule has 0 fully saturated rings. The van der Waals surface area contributed by atoms with Gasteiger partial charge in [0.25, 0.3) is 5.91 Å². The van der Waals surface area contributed by atoms with Crippen LogP contribution in [0.25, 0.3) is 0 Å². The highest BCUT2D eigenvalue weighted by Crippen LogP contribution is 2.20. The maximum Gasteiger partial charge on any atom is 0.254 e. The SMILES string of the molecule is Cc1ccc([C@@H](C)NC(=O)c2ccc(Cl)cc2F)c(C)c1. The number of aryl methyl sites for hydroxylation is 2. The van der Waals surface area contributed by atoms with Crippen molar-refractivity contribution in [2.75, 3.05) is 0 Å². The van der Waals surface area contributed by atoms with Crippen molar-refractivity contribution in [3.63, 3.8) is 0 Å². The van der Waals surface area contributed by atoms with Crippen LogP contribution in [0.4, 0.5) is 4.39 Å². The number of benzene rings is 2. The van der Waals surface area contributed by atoms with E-state index in [1.54, 1.807) is 0 Å². The van der Waals surface area contributed by atoms with Crippen molar-refractivity contribution in [3.05, 3.63) is 69.5 Å². The molecule has 110 valence electrons. The Balaban J connectivity index is 2.18. The van der Waals surface area contributed by atoms with Crippen LogP contribution in [0.3, 0.4) is 0 Å². The number of carbonyl (C=O) groups is 1. The molecule has 0 aliphatic heterocycles. The van der Waals surface area contributed by atoms with Crippen molar-refractivity contribution >= 4 is 17.5 Å². The Labute approximate surface area is 128 Å².